The van der Waals surface area contributed by atoms with Gasteiger partial charge < -0.3 is 56.0 Å². The summed E-state index contributed by atoms with van der Waals surface area (Å²) in [6.45, 7) is -0.918. The summed E-state index contributed by atoms with van der Waals surface area (Å²) >= 11 is 0.687. The molecule has 0 aliphatic carbocycles. The van der Waals surface area contributed by atoms with Crippen LogP contribution in [0.5, 0.6) is 0 Å². The van der Waals surface area contributed by atoms with Crippen molar-refractivity contribution in [1.29, 1.82) is 0 Å². The smallest absolute Gasteiger partial charge is 0.748 e. The fraction of sp³-hybridized carbons (Fsp3) is 0.458. The van der Waals surface area contributed by atoms with Gasteiger partial charge in [0.05, 0.1) is 48.1 Å². The number of anilines is 7. The molecule has 2 aromatic heterocycles. The topological polar surface area (TPSA) is 312 Å². The Labute approximate surface area is 376 Å². The maximum absolute atomic E-state index is 11.1. The molecule has 0 radical (unpaired) electrons. The molecule has 0 aliphatic heterocycles. The largest absolute Gasteiger partial charge is 1.00 e. The van der Waals surface area contributed by atoms with E-state index in [9.17, 15) is 38.7 Å². The summed E-state index contributed by atoms with van der Waals surface area (Å²) < 4.78 is 37.4. The number of rotatable bonds is 23. The van der Waals surface area contributed by atoms with E-state index in [-0.39, 0.29) is 203 Å². The zero-order chi connectivity index (χ0) is 34.8. The van der Waals surface area contributed by atoms with E-state index in [1.54, 1.807) is 24.3 Å². The minimum absolute atomic E-state index is 0. The Morgan fingerprint density at radius 2 is 1.34 bits per heavy atom. The molecule has 0 unspecified atom stereocenters. The van der Waals surface area contributed by atoms with Crippen LogP contribution < -0.4 is 134 Å². The van der Waals surface area contributed by atoms with Gasteiger partial charge >= 0.3 is 103 Å². The van der Waals surface area contributed by atoms with Crippen molar-refractivity contribution in [2.75, 3.05) is 96.4 Å². The Morgan fingerprint density at radius 1 is 0.820 bits per heavy atom. The van der Waals surface area contributed by atoms with Gasteiger partial charge in [0.15, 0.2) is 0 Å². The molecule has 1 aromatic carbocycles. The van der Waals surface area contributed by atoms with Crippen LogP contribution in [0.1, 0.15) is 0 Å². The zero-order valence-corrected chi connectivity index (χ0v) is 35.1. The molecule has 3 aromatic rings. The first kappa shape index (κ1) is 47.2. The minimum Gasteiger partial charge on any atom is -0.748 e. The van der Waals surface area contributed by atoms with E-state index in [1.165, 1.54) is 16.0 Å². The molecule has 26 heteroatoms. The average molecular weight is 793 g/mol. The Balaban J connectivity index is 0.00000625. The Bertz CT molecular complexity index is 1560. The number of aliphatic hydroxyl groups excluding tert-OH is 4. The molecule has 50 heavy (non-hydrogen) atoms. The number of aliphatic imine (C=N–C) groups is 1. The number of aliphatic hydroxyl groups is 4. The molecule has 3 rings (SSSR count). The van der Waals surface area contributed by atoms with E-state index in [0.29, 0.717) is 23.4 Å². The second-order valence-corrected chi connectivity index (χ2v) is 11.4. The van der Waals surface area contributed by atoms with E-state index >= 15 is 0 Å². The van der Waals surface area contributed by atoms with Gasteiger partial charge in [0.25, 0.3) is 5.95 Å². The van der Waals surface area contributed by atoms with E-state index in [1.807, 2.05) is 0 Å². The first-order valence-electron chi connectivity index (χ1n) is 14.1. The van der Waals surface area contributed by atoms with Crippen LogP contribution in [0.25, 0.3) is 0 Å². The van der Waals surface area contributed by atoms with Crippen LogP contribution in [-0.2, 0) is 19.5 Å². The standard InChI is InChI=1S/C24H36N12O10S2.2K/c37-10-6-35(7-11-38)23-31-19(25-4-14-47-46-45-41)29-21(33-23)27-17-2-1-3-18(16-17)28-22-30-20(26-5-15-48(42,43)44)32-24(34-22)36(8-12-39)9-13-40;;/h1-4,16,37-41H,5-15H2,(H,42,43,44)(H,27,29,31,33)(H2,26,28,30,32,34);;/q;2*+1/p-2/b25-4-;;. The van der Waals surface area contributed by atoms with E-state index in [2.05, 4.69) is 60.2 Å². The normalized spacial score (nSPS) is 11.1. The van der Waals surface area contributed by atoms with Gasteiger partial charge in [-0.05, 0) is 18.2 Å². The maximum atomic E-state index is 11.1. The fourth-order valence-electron chi connectivity index (χ4n) is 3.77. The van der Waals surface area contributed by atoms with Crippen LogP contribution in [0.2, 0.25) is 0 Å². The van der Waals surface area contributed by atoms with E-state index in [4.69, 9.17) is 0 Å². The van der Waals surface area contributed by atoms with Crippen molar-refractivity contribution in [3.8, 4) is 0 Å². The predicted molar refractivity (Wildman–Crippen MR) is 171 cm³/mol. The number of hydrogen-bond donors (Lipinski definition) is 7. The van der Waals surface area contributed by atoms with Crippen LogP contribution in [-0.4, -0.2) is 140 Å². The van der Waals surface area contributed by atoms with E-state index in [0.717, 1.165) is 0 Å². The quantitative estimate of drug-likeness (QED) is 0.00892. The van der Waals surface area contributed by atoms with E-state index < -0.39 is 15.9 Å². The van der Waals surface area contributed by atoms with Crippen molar-refractivity contribution >= 4 is 75.4 Å². The first-order chi connectivity index (χ1) is 23.2. The molecular formula is C24H34K2N12O10S2. The Morgan fingerprint density at radius 3 is 1.86 bits per heavy atom. The van der Waals surface area contributed by atoms with Gasteiger partial charge in [-0.15, -0.1) is 0 Å². The Kier molecular flexibility index (Phi) is 24.6. The molecule has 0 spiro atoms. The third-order valence-corrected chi connectivity index (χ3v) is 6.86. The molecule has 22 nitrogen and oxygen atoms in total. The fourth-order valence-corrected chi connectivity index (χ4v) is 4.36. The van der Waals surface area contributed by atoms with Crippen LogP contribution in [0.15, 0.2) is 29.3 Å². The maximum Gasteiger partial charge on any atom is 1.00 e. The molecule has 0 bridgehead atoms. The van der Waals surface area contributed by atoms with Gasteiger partial charge in [-0.3, -0.25) is 5.04 Å². The summed E-state index contributed by atoms with van der Waals surface area (Å²) in [5.41, 5.74) is 0.948. The Hall–Kier alpha value is -0.837. The average Bonchev–Trinajstić information content (AvgIpc) is 3.04. The minimum atomic E-state index is -4.50. The van der Waals surface area contributed by atoms with Gasteiger partial charge in [-0.2, -0.15) is 34.2 Å². The molecule has 0 fully saturated rings. The van der Waals surface area contributed by atoms with Crippen molar-refractivity contribution in [3.05, 3.63) is 24.3 Å². The van der Waals surface area contributed by atoms with Crippen molar-refractivity contribution in [2.45, 2.75) is 0 Å². The van der Waals surface area contributed by atoms with Gasteiger partial charge in [-0.25, -0.2) is 13.4 Å². The van der Waals surface area contributed by atoms with Crippen LogP contribution in [0, 0.1) is 0 Å². The number of aromatic nitrogens is 6. The summed E-state index contributed by atoms with van der Waals surface area (Å²) in [5.74, 6) is -0.435. The summed E-state index contributed by atoms with van der Waals surface area (Å²) in [6, 6.07) is 6.74. The second-order valence-electron chi connectivity index (χ2n) is 9.16. The van der Waals surface area contributed by atoms with Crippen molar-refractivity contribution in [2.24, 2.45) is 4.99 Å². The van der Waals surface area contributed by atoms with Crippen molar-refractivity contribution in [1.82, 2.24) is 29.9 Å². The zero-order valence-electron chi connectivity index (χ0n) is 27.2. The molecule has 0 saturated heterocycles. The van der Waals surface area contributed by atoms with Gasteiger partial charge in [0, 0.05) is 62.4 Å². The first-order valence-corrected chi connectivity index (χ1v) is 16.5. The van der Waals surface area contributed by atoms with Crippen LogP contribution in [0.3, 0.4) is 0 Å². The predicted octanol–water partition coefficient (Wildman–Crippen LogP) is -8.34. The SMILES string of the molecule is O=S(=O)([O-])CCNc1nc(Nc2cccc(Nc3nc(/N=C\CSOO[O-])nc(N(CCO)CCO)n3)c2)nc(N(CCO)CCO)n1.[K+].[K+]. The monoisotopic (exact) mass is 792 g/mol. The molecule has 0 aliphatic rings. The number of benzene rings is 1. The van der Waals surface area contributed by atoms with Crippen LogP contribution in [0.4, 0.5) is 47.1 Å². The number of nitrogens with zero attached hydrogens (tertiary/aromatic N) is 9. The van der Waals surface area contributed by atoms with Gasteiger partial charge in [-0.1, -0.05) is 6.07 Å². The summed E-state index contributed by atoms with van der Waals surface area (Å²) in [7, 11) is -4.50. The second kappa shape index (κ2) is 26.0. The molecule has 0 atom stereocenters. The van der Waals surface area contributed by atoms with Crippen molar-refractivity contribution in [3.63, 3.8) is 0 Å². The molecule has 0 saturated carbocycles. The molecule has 264 valence electrons. The molecule has 7 N–H and O–H groups in total. The van der Waals surface area contributed by atoms with Crippen LogP contribution >= 0.6 is 12.0 Å². The third kappa shape index (κ3) is 17.8. The summed E-state index contributed by atoms with van der Waals surface area (Å²) in [6.07, 6.45) is 1.37. The molecule has 2 heterocycles. The molecule has 0 amide bonds. The third-order valence-electron chi connectivity index (χ3n) is 5.72. The summed E-state index contributed by atoms with van der Waals surface area (Å²) in [4.78, 5) is 32.9. The molecular weight excluding hydrogens is 759 g/mol. The number of hydrogen-bond acceptors (Lipinski definition) is 23. The number of nitrogens with one attached hydrogen (secondary N) is 3. The van der Waals surface area contributed by atoms with Crippen molar-refractivity contribution < 1.29 is 151 Å². The summed E-state index contributed by atoms with van der Waals surface area (Å²) in [5, 5.41) is 59.9. The van der Waals surface area contributed by atoms with Gasteiger partial charge in [0.2, 0.25) is 29.7 Å². The van der Waals surface area contributed by atoms with Gasteiger partial charge in [0.1, 0.15) is 0 Å².